The van der Waals surface area contributed by atoms with Crippen molar-refractivity contribution < 1.29 is 23.9 Å². The van der Waals surface area contributed by atoms with Crippen molar-refractivity contribution in [1.82, 2.24) is 21.3 Å². The van der Waals surface area contributed by atoms with Gasteiger partial charge < -0.3 is 26.0 Å². The zero-order valence-electron chi connectivity index (χ0n) is 18.6. The molecule has 0 aromatic heterocycles. The highest BCUT2D eigenvalue weighted by Crippen LogP contribution is 2.09. The van der Waals surface area contributed by atoms with Crippen LogP contribution in [0.2, 0.25) is 0 Å². The van der Waals surface area contributed by atoms with Gasteiger partial charge in [-0.15, -0.1) is 0 Å². The molecule has 0 radical (unpaired) electrons. The molecule has 3 atom stereocenters. The minimum atomic E-state index is -0.878. The van der Waals surface area contributed by atoms with Gasteiger partial charge in [0.2, 0.25) is 17.7 Å². The van der Waals surface area contributed by atoms with E-state index in [1.165, 1.54) is 7.05 Å². The van der Waals surface area contributed by atoms with Crippen LogP contribution in [0.3, 0.4) is 0 Å². The number of hydrogen-bond acceptors (Lipinski definition) is 6. The van der Waals surface area contributed by atoms with Crippen molar-refractivity contribution in [3.05, 3.63) is 0 Å². The van der Waals surface area contributed by atoms with Crippen LogP contribution in [0.4, 0.5) is 4.79 Å². The average Bonchev–Trinajstić information content (AvgIpc) is 2.58. The third-order valence-electron chi connectivity index (χ3n) is 3.88. The smallest absolute Gasteiger partial charge is 0.407 e. The van der Waals surface area contributed by atoms with Crippen molar-refractivity contribution in [2.24, 2.45) is 11.8 Å². The van der Waals surface area contributed by atoms with Gasteiger partial charge in [-0.25, -0.2) is 4.79 Å². The van der Waals surface area contributed by atoms with Crippen LogP contribution in [0.1, 0.15) is 48.5 Å². The van der Waals surface area contributed by atoms with Crippen molar-refractivity contribution in [3.63, 3.8) is 0 Å². The zero-order chi connectivity index (χ0) is 22.9. The monoisotopic (exact) mass is 432 g/mol. The average molecular weight is 433 g/mol. The number of rotatable bonds is 9. The van der Waals surface area contributed by atoms with E-state index in [0.29, 0.717) is 0 Å². The molecule has 0 aliphatic heterocycles. The van der Waals surface area contributed by atoms with E-state index in [-0.39, 0.29) is 24.3 Å². The van der Waals surface area contributed by atoms with Crippen LogP contribution in [-0.4, -0.2) is 60.3 Å². The highest BCUT2D eigenvalue weighted by Gasteiger charge is 2.31. The number of ether oxygens (including phenoxy) is 1. The van der Waals surface area contributed by atoms with E-state index in [1.807, 2.05) is 13.8 Å². The molecule has 0 heterocycles. The Hall–Kier alpha value is -1.97. The first-order chi connectivity index (χ1) is 13.2. The van der Waals surface area contributed by atoms with E-state index >= 15 is 0 Å². The summed E-state index contributed by atoms with van der Waals surface area (Å²) in [4.78, 5) is 48.8. The van der Waals surface area contributed by atoms with E-state index in [0.717, 1.165) is 0 Å². The van der Waals surface area contributed by atoms with Gasteiger partial charge in [-0.05, 0) is 32.6 Å². The number of hydrogen-bond donors (Lipinski definition) is 5. The van der Waals surface area contributed by atoms with E-state index in [9.17, 15) is 19.2 Å². The Kier molecular flexibility index (Phi) is 11.1. The lowest BCUT2D eigenvalue weighted by Crippen LogP contribution is -2.57. The Morgan fingerprint density at radius 2 is 1.31 bits per heavy atom. The Bertz CT molecular complexity index is 590. The molecular weight excluding hydrogens is 396 g/mol. The van der Waals surface area contributed by atoms with Crippen molar-refractivity contribution >= 4 is 36.4 Å². The molecule has 10 heteroatoms. The van der Waals surface area contributed by atoms with Gasteiger partial charge in [0.25, 0.3) is 0 Å². The van der Waals surface area contributed by atoms with Crippen LogP contribution in [0.25, 0.3) is 0 Å². The lowest BCUT2D eigenvalue weighted by molar-refractivity contribution is -0.133. The molecule has 0 saturated carbocycles. The summed E-state index contributed by atoms with van der Waals surface area (Å²) in [5.41, 5.74) is -0.656. The third-order valence-corrected chi connectivity index (χ3v) is 4.30. The second-order valence-electron chi connectivity index (χ2n) is 8.47. The molecule has 0 bridgehead atoms. The van der Waals surface area contributed by atoms with Crippen molar-refractivity contribution in [3.8, 4) is 0 Å². The number of thiol groups is 1. The predicted octanol–water partition coefficient (Wildman–Crippen LogP) is 0.837. The van der Waals surface area contributed by atoms with Gasteiger partial charge in [0.05, 0.1) is 5.25 Å². The summed E-state index contributed by atoms with van der Waals surface area (Å²) < 4.78 is 5.11. The number of amides is 4. The molecule has 0 fully saturated rings. The first-order valence-corrected chi connectivity index (χ1v) is 10.2. The molecule has 0 spiro atoms. The summed E-state index contributed by atoms with van der Waals surface area (Å²) in [6.45, 7) is 12.3. The molecule has 168 valence electrons. The molecule has 0 aromatic carbocycles. The van der Waals surface area contributed by atoms with Crippen molar-refractivity contribution in [2.75, 3.05) is 13.6 Å². The van der Waals surface area contributed by atoms with Crippen LogP contribution < -0.4 is 21.3 Å². The third kappa shape index (κ3) is 10.4. The van der Waals surface area contributed by atoms with Gasteiger partial charge in [-0.3, -0.25) is 14.4 Å². The van der Waals surface area contributed by atoms with Gasteiger partial charge in [0, 0.05) is 13.6 Å². The van der Waals surface area contributed by atoms with E-state index in [4.69, 9.17) is 4.74 Å². The fraction of sp³-hybridized carbons (Fsp3) is 0.789. The van der Waals surface area contributed by atoms with Crippen LogP contribution in [0, 0.1) is 11.8 Å². The fourth-order valence-electron chi connectivity index (χ4n) is 2.30. The molecule has 0 aromatic rings. The maximum absolute atomic E-state index is 12.7. The minimum Gasteiger partial charge on any atom is -0.444 e. The van der Waals surface area contributed by atoms with Crippen LogP contribution >= 0.6 is 12.6 Å². The summed E-state index contributed by atoms with van der Waals surface area (Å²) >= 11 is 4.19. The minimum absolute atomic E-state index is 0.0663. The highest BCUT2D eigenvalue weighted by atomic mass is 32.1. The fourth-order valence-corrected chi connectivity index (χ4v) is 2.47. The number of nitrogens with one attached hydrogen (secondary N) is 4. The molecule has 9 nitrogen and oxygen atoms in total. The lowest BCUT2D eigenvalue weighted by Gasteiger charge is -2.27. The summed E-state index contributed by atoms with van der Waals surface area (Å²) in [5.74, 6) is -1.64. The Labute approximate surface area is 178 Å². The predicted molar refractivity (Wildman–Crippen MR) is 115 cm³/mol. The highest BCUT2D eigenvalue weighted by molar-refractivity contribution is 7.81. The molecule has 0 aliphatic carbocycles. The van der Waals surface area contributed by atoms with Crippen molar-refractivity contribution in [1.29, 1.82) is 0 Å². The second-order valence-corrected chi connectivity index (χ2v) is 9.10. The van der Waals surface area contributed by atoms with Crippen LogP contribution in [0.15, 0.2) is 0 Å². The molecule has 29 heavy (non-hydrogen) atoms. The van der Waals surface area contributed by atoms with E-state index in [2.05, 4.69) is 33.9 Å². The number of carbonyl (C=O) groups is 4. The van der Waals surface area contributed by atoms with Crippen LogP contribution in [-0.2, 0) is 19.1 Å². The SMILES string of the molecule is CNC(=O)[C@@H](NC(=O)[C@@H](NC(=O)C(S)CNC(=O)OC(C)(C)C)C(C)C)C(C)C. The first kappa shape index (κ1) is 27.0. The molecule has 0 rings (SSSR count). The topological polar surface area (TPSA) is 126 Å². The summed E-state index contributed by atoms with van der Waals surface area (Å²) in [5, 5.41) is 9.43. The maximum atomic E-state index is 12.7. The van der Waals surface area contributed by atoms with Crippen LogP contribution in [0.5, 0.6) is 0 Å². The summed E-state index contributed by atoms with van der Waals surface area (Å²) in [6, 6.07) is -1.57. The summed E-state index contributed by atoms with van der Waals surface area (Å²) in [7, 11) is 1.49. The largest absolute Gasteiger partial charge is 0.444 e. The maximum Gasteiger partial charge on any atom is 0.407 e. The number of carbonyl (C=O) groups excluding carboxylic acids is 4. The normalized spacial score (nSPS) is 14.6. The van der Waals surface area contributed by atoms with Gasteiger partial charge in [-0.1, -0.05) is 27.7 Å². The Morgan fingerprint density at radius 3 is 1.72 bits per heavy atom. The standard InChI is InChI=1S/C19H36N4O5S/c1-10(2)13(16(25)20-8)23-17(26)14(11(3)4)22-15(24)12(29)9-21-18(27)28-19(5,6)7/h10-14,29H,9H2,1-8H3,(H,20,25)(H,21,27)(H,22,24)(H,23,26)/t12?,13-,14-/m0/s1. The first-order valence-electron chi connectivity index (χ1n) is 9.66. The Balaban J connectivity index is 4.93. The summed E-state index contributed by atoms with van der Waals surface area (Å²) in [6.07, 6.45) is -0.659. The zero-order valence-corrected chi connectivity index (χ0v) is 19.5. The van der Waals surface area contributed by atoms with E-state index in [1.54, 1.807) is 34.6 Å². The molecule has 4 amide bonds. The quantitative estimate of drug-likeness (QED) is 0.345. The molecule has 0 saturated heterocycles. The van der Waals surface area contributed by atoms with Gasteiger partial charge >= 0.3 is 6.09 Å². The molecular formula is C19H36N4O5S. The molecule has 0 aliphatic rings. The second kappa shape index (κ2) is 11.9. The molecule has 1 unspecified atom stereocenters. The van der Waals surface area contributed by atoms with Gasteiger partial charge in [-0.2, -0.15) is 12.6 Å². The number of likely N-dealkylation sites (N-methyl/N-ethyl adjacent to an activating group) is 1. The number of alkyl carbamates (subject to hydrolysis) is 1. The van der Waals surface area contributed by atoms with E-state index < -0.39 is 40.8 Å². The van der Waals surface area contributed by atoms with Gasteiger partial charge in [0.1, 0.15) is 17.7 Å². The lowest BCUT2D eigenvalue weighted by atomic mass is 9.99. The van der Waals surface area contributed by atoms with Gasteiger partial charge in [0.15, 0.2) is 0 Å². The molecule has 4 N–H and O–H groups in total. The van der Waals surface area contributed by atoms with Crippen molar-refractivity contribution in [2.45, 2.75) is 71.4 Å². The Morgan fingerprint density at radius 1 is 0.862 bits per heavy atom.